The molecule has 0 radical (unpaired) electrons. The molecular weight excluding hydrogens is 230 g/mol. The Balaban J connectivity index is 2.18. The molecule has 1 atom stereocenters. The molecule has 114 valence electrons. The summed E-state index contributed by atoms with van der Waals surface area (Å²) in [7, 11) is 0. The fourth-order valence-corrected chi connectivity index (χ4v) is 3.38. The van der Waals surface area contributed by atoms with E-state index in [1.54, 1.807) is 0 Å². The third-order valence-electron chi connectivity index (χ3n) is 4.67. The lowest BCUT2D eigenvalue weighted by Crippen LogP contribution is -2.30. The molecule has 1 unspecified atom stereocenters. The second-order valence-corrected chi connectivity index (χ2v) is 7.06. The summed E-state index contributed by atoms with van der Waals surface area (Å²) in [4.78, 5) is 0. The smallest absolute Gasteiger partial charge is 0.00671 e. The van der Waals surface area contributed by atoms with E-state index >= 15 is 0 Å². The molecule has 0 spiro atoms. The van der Waals surface area contributed by atoms with Gasteiger partial charge in [0.15, 0.2) is 0 Å². The molecule has 1 saturated carbocycles. The van der Waals surface area contributed by atoms with Gasteiger partial charge in [-0.3, -0.25) is 0 Å². The summed E-state index contributed by atoms with van der Waals surface area (Å²) in [6.07, 6.45) is 15.8. The van der Waals surface area contributed by atoms with Gasteiger partial charge in [0.05, 0.1) is 0 Å². The summed E-state index contributed by atoms with van der Waals surface area (Å²) in [5.74, 6) is 1.91. The van der Waals surface area contributed by atoms with E-state index in [2.05, 4.69) is 26.1 Å². The molecule has 0 heterocycles. The lowest BCUT2D eigenvalue weighted by Gasteiger charge is -2.25. The van der Waals surface area contributed by atoms with Crippen LogP contribution in [0, 0.1) is 11.8 Å². The molecule has 0 aliphatic heterocycles. The van der Waals surface area contributed by atoms with Crippen molar-refractivity contribution in [3.8, 4) is 0 Å². The van der Waals surface area contributed by atoms with Gasteiger partial charge in [0.1, 0.15) is 0 Å². The van der Waals surface area contributed by atoms with Crippen LogP contribution in [-0.2, 0) is 0 Å². The molecule has 1 aliphatic carbocycles. The molecular formula is C18H37N. The Morgan fingerprint density at radius 2 is 1.74 bits per heavy atom. The van der Waals surface area contributed by atoms with E-state index in [4.69, 9.17) is 0 Å². The summed E-state index contributed by atoms with van der Waals surface area (Å²) in [6.45, 7) is 8.17. The highest BCUT2D eigenvalue weighted by molar-refractivity contribution is 4.72. The molecule has 1 aliphatic rings. The van der Waals surface area contributed by atoms with Crippen molar-refractivity contribution in [2.24, 2.45) is 11.8 Å². The number of hydrogen-bond acceptors (Lipinski definition) is 1. The molecule has 0 aromatic carbocycles. The third kappa shape index (κ3) is 8.68. The lowest BCUT2D eigenvalue weighted by atomic mass is 9.84. The SMILES string of the molecule is CCCNC(CCCC(C)C)CCC1CCCCC1. The minimum absolute atomic E-state index is 0.792. The summed E-state index contributed by atoms with van der Waals surface area (Å²) in [5, 5.41) is 3.78. The molecule has 0 bridgehead atoms. The van der Waals surface area contributed by atoms with Crippen molar-refractivity contribution in [3.05, 3.63) is 0 Å². The second-order valence-electron chi connectivity index (χ2n) is 7.06. The number of hydrogen-bond donors (Lipinski definition) is 1. The monoisotopic (exact) mass is 267 g/mol. The molecule has 0 aromatic heterocycles. The Bertz CT molecular complexity index is 194. The van der Waals surface area contributed by atoms with Crippen LogP contribution in [0.25, 0.3) is 0 Å². The summed E-state index contributed by atoms with van der Waals surface area (Å²) < 4.78 is 0. The number of nitrogens with one attached hydrogen (secondary N) is 1. The average Bonchev–Trinajstić information content (AvgIpc) is 2.42. The maximum absolute atomic E-state index is 3.78. The van der Waals surface area contributed by atoms with Crippen molar-refractivity contribution in [1.29, 1.82) is 0 Å². The molecule has 1 rings (SSSR count). The van der Waals surface area contributed by atoms with Crippen molar-refractivity contribution < 1.29 is 0 Å². The fourth-order valence-electron chi connectivity index (χ4n) is 3.38. The lowest BCUT2D eigenvalue weighted by molar-refractivity contribution is 0.305. The van der Waals surface area contributed by atoms with Crippen molar-refractivity contribution in [2.75, 3.05) is 6.54 Å². The predicted molar refractivity (Wildman–Crippen MR) is 86.6 cm³/mol. The van der Waals surface area contributed by atoms with E-state index in [0.29, 0.717) is 0 Å². The van der Waals surface area contributed by atoms with Crippen LogP contribution in [0.5, 0.6) is 0 Å². The zero-order chi connectivity index (χ0) is 13.9. The summed E-state index contributed by atoms with van der Waals surface area (Å²) in [6, 6.07) is 0.792. The van der Waals surface area contributed by atoms with Crippen LogP contribution >= 0.6 is 0 Å². The van der Waals surface area contributed by atoms with Gasteiger partial charge < -0.3 is 5.32 Å². The van der Waals surface area contributed by atoms with Gasteiger partial charge in [-0.1, -0.05) is 65.7 Å². The van der Waals surface area contributed by atoms with E-state index in [-0.39, 0.29) is 0 Å². The Hall–Kier alpha value is -0.0400. The number of rotatable bonds is 10. The molecule has 1 fully saturated rings. The van der Waals surface area contributed by atoms with E-state index in [1.165, 1.54) is 77.2 Å². The Morgan fingerprint density at radius 3 is 2.37 bits per heavy atom. The standard InChI is InChI=1S/C18H37N/c1-4-15-19-18(12-8-9-16(2)3)14-13-17-10-6-5-7-11-17/h16-19H,4-15H2,1-3H3. The van der Waals surface area contributed by atoms with Gasteiger partial charge in [-0.15, -0.1) is 0 Å². The molecule has 1 heteroatoms. The van der Waals surface area contributed by atoms with E-state index in [1.807, 2.05) is 0 Å². The molecule has 1 N–H and O–H groups in total. The normalized spacial score (nSPS) is 18.9. The van der Waals surface area contributed by atoms with E-state index in [9.17, 15) is 0 Å². The van der Waals surface area contributed by atoms with Crippen LogP contribution in [0.1, 0.15) is 91.4 Å². The maximum Gasteiger partial charge on any atom is 0.00671 e. The van der Waals surface area contributed by atoms with Crippen LogP contribution < -0.4 is 5.32 Å². The van der Waals surface area contributed by atoms with Crippen LogP contribution in [-0.4, -0.2) is 12.6 Å². The molecule has 0 aromatic rings. The third-order valence-corrected chi connectivity index (χ3v) is 4.67. The largest absolute Gasteiger partial charge is 0.314 e. The predicted octanol–water partition coefficient (Wildman–Crippen LogP) is 5.54. The fraction of sp³-hybridized carbons (Fsp3) is 1.00. The molecule has 0 amide bonds. The van der Waals surface area contributed by atoms with Gasteiger partial charge in [0, 0.05) is 6.04 Å². The minimum atomic E-state index is 0.792. The van der Waals surface area contributed by atoms with Gasteiger partial charge in [-0.05, 0) is 44.1 Å². The minimum Gasteiger partial charge on any atom is -0.314 e. The topological polar surface area (TPSA) is 12.0 Å². The first-order valence-electron chi connectivity index (χ1n) is 8.95. The first kappa shape index (κ1) is 17.0. The van der Waals surface area contributed by atoms with Gasteiger partial charge >= 0.3 is 0 Å². The van der Waals surface area contributed by atoms with Crippen molar-refractivity contribution in [2.45, 2.75) is 97.4 Å². The van der Waals surface area contributed by atoms with E-state index in [0.717, 1.165) is 17.9 Å². The first-order chi connectivity index (χ1) is 9.22. The summed E-state index contributed by atoms with van der Waals surface area (Å²) in [5.41, 5.74) is 0. The maximum atomic E-state index is 3.78. The average molecular weight is 268 g/mol. The zero-order valence-electron chi connectivity index (χ0n) is 13.7. The Labute approximate surface area is 121 Å². The summed E-state index contributed by atoms with van der Waals surface area (Å²) >= 11 is 0. The van der Waals surface area contributed by atoms with Gasteiger partial charge in [0.25, 0.3) is 0 Å². The van der Waals surface area contributed by atoms with Crippen molar-refractivity contribution >= 4 is 0 Å². The highest BCUT2D eigenvalue weighted by Crippen LogP contribution is 2.28. The Morgan fingerprint density at radius 1 is 1.00 bits per heavy atom. The molecule has 1 nitrogen and oxygen atoms in total. The van der Waals surface area contributed by atoms with Crippen LogP contribution in [0.3, 0.4) is 0 Å². The highest BCUT2D eigenvalue weighted by atomic mass is 14.9. The molecule has 0 saturated heterocycles. The van der Waals surface area contributed by atoms with Crippen molar-refractivity contribution in [3.63, 3.8) is 0 Å². The second kappa shape index (κ2) is 10.7. The Kier molecular flexibility index (Phi) is 9.59. The van der Waals surface area contributed by atoms with Crippen LogP contribution in [0.15, 0.2) is 0 Å². The van der Waals surface area contributed by atoms with Crippen LogP contribution in [0.2, 0.25) is 0 Å². The van der Waals surface area contributed by atoms with Gasteiger partial charge in [0.2, 0.25) is 0 Å². The quantitative estimate of drug-likeness (QED) is 0.548. The first-order valence-corrected chi connectivity index (χ1v) is 8.95. The molecule has 19 heavy (non-hydrogen) atoms. The van der Waals surface area contributed by atoms with Gasteiger partial charge in [-0.2, -0.15) is 0 Å². The highest BCUT2D eigenvalue weighted by Gasteiger charge is 2.16. The van der Waals surface area contributed by atoms with Gasteiger partial charge in [-0.25, -0.2) is 0 Å². The van der Waals surface area contributed by atoms with E-state index < -0.39 is 0 Å². The van der Waals surface area contributed by atoms with Crippen molar-refractivity contribution in [1.82, 2.24) is 5.32 Å². The zero-order valence-corrected chi connectivity index (χ0v) is 13.7. The van der Waals surface area contributed by atoms with Crippen LogP contribution in [0.4, 0.5) is 0 Å².